The van der Waals surface area contributed by atoms with Crippen LogP contribution in [0.2, 0.25) is 0 Å². The molecule has 0 fully saturated rings. The topological polar surface area (TPSA) is 63.1 Å². The lowest BCUT2D eigenvalue weighted by atomic mass is 9.77. The average molecular weight is 308 g/mol. The lowest BCUT2D eigenvalue weighted by Gasteiger charge is -2.29. The lowest BCUT2D eigenvalue weighted by Crippen LogP contribution is -2.18. The maximum Gasteiger partial charge on any atom is 0.111 e. The lowest BCUT2D eigenvalue weighted by molar-refractivity contribution is 0.582. The molecular weight excluding hydrogens is 288 g/mol. The summed E-state index contributed by atoms with van der Waals surface area (Å²) in [4.78, 5) is 0. The highest BCUT2D eigenvalue weighted by atomic mass is 32.1. The van der Waals surface area contributed by atoms with Crippen LogP contribution in [-0.2, 0) is 34.6 Å². The van der Waals surface area contributed by atoms with Crippen LogP contribution >= 0.6 is 0 Å². The Hall–Kier alpha value is -1.14. The predicted molar refractivity (Wildman–Crippen MR) is 89.2 cm³/mol. The summed E-state index contributed by atoms with van der Waals surface area (Å²) in [6, 6.07) is 0. The van der Waals surface area contributed by atoms with Gasteiger partial charge in [0.2, 0.25) is 0 Å². The number of nitrogen functional groups attached to an aromatic ring is 1. The smallest absolute Gasteiger partial charge is 0.111 e. The highest BCUT2D eigenvalue weighted by Crippen LogP contribution is 2.54. The fraction of sp³-hybridized carbons (Fsp3) is 0.571. The second kappa shape index (κ2) is 4.70. The second-order valence-electron chi connectivity index (χ2n) is 7.07. The van der Waals surface area contributed by atoms with Crippen LogP contribution in [0.3, 0.4) is 0 Å². The maximum absolute atomic E-state index is 6.38. The first kappa shape index (κ1) is 15.3. The number of rotatable bonds is 1. The summed E-state index contributed by atoms with van der Waals surface area (Å²) in [5.41, 5.74) is 11.1. The van der Waals surface area contributed by atoms with E-state index in [0.717, 1.165) is 22.5 Å². The van der Waals surface area contributed by atoms with Crippen molar-refractivity contribution >= 4 is 46.5 Å². The molecule has 0 unspecified atom stereocenters. The van der Waals surface area contributed by atoms with E-state index in [1.54, 1.807) is 0 Å². The van der Waals surface area contributed by atoms with Crippen LogP contribution in [0.5, 0.6) is 0 Å². The molecule has 0 radical (unpaired) electrons. The fourth-order valence-electron chi connectivity index (χ4n) is 2.57. The summed E-state index contributed by atoms with van der Waals surface area (Å²) >= 11 is 6.19. The summed E-state index contributed by atoms with van der Waals surface area (Å²) in [6.07, 6.45) is 0. The first-order valence-electron chi connectivity index (χ1n) is 6.51. The highest BCUT2D eigenvalue weighted by molar-refractivity contribution is 7.58. The van der Waals surface area contributed by atoms with Crippen LogP contribution in [0, 0.1) is 0 Å². The molecule has 0 atom stereocenters. The third-order valence-electron chi connectivity index (χ3n) is 3.31. The minimum atomic E-state index is -0.143. The molecule has 1 aliphatic heterocycles. The normalized spacial score (nSPS) is 14.1. The van der Waals surface area contributed by atoms with E-state index in [9.17, 15) is 0 Å². The van der Waals surface area contributed by atoms with Gasteiger partial charge in [0.05, 0.1) is 17.0 Å². The molecule has 2 rings (SSSR count). The number of anilines is 1. The minimum absolute atomic E-state index is 0.136. The van der Waals surface area contributed by atoms with Crippen LogP contribution in [-0.4, -0.2) is 0 Å². The van der Waals surface area contributed by atoms with Gasteiger partial charge in [-0.15, -0.1) is 0 Å². The van der Waals surface area contributed by atoms with E-state index in [1.807, 2.05) is 0 Å². The van der Waals surface area contributed by atoms with Crippen molar-refractivity contribution in [2.75, 3.05) is 5.73 Å². The Labute approximate surface area is 129 Å². The molecule has 0 amide bonds. The standard InChI is InChI=1S/C14H20N4S2/c1-13(2,3)7-9(15)10(16-19)8(14(4,5)6)12-11(7)17-20-18-12/h15H2,1-6H3. The molecule has 4 nitrogen and oxygen atoms in total. The van der Waals surface area contributed by atoms with Gasteiger partial charge >= 0.3 is 0 Å². The third kappa shape index (κ3) is 2.31. The van der Waals surface area contributed by atoms with Gasteiger partial charge in [-0.05, 0) is 10.8 Å². The molecule has 1 aromatic carbocycles. The number of nitrogens with two attached hydrogens (primary N) is 1. The van der Waals surface area contributed by atoms with Crippen molar-refractivity contribution in [1.29, 1.82) is 0 Å². The third-order valence-corrected chi connectivity index (χ3v) is 4.03. The van der Waals surface area contributed by atoms with Gasteiger partial charge in [0, 0.05) is 23.6 Å². The van der Waals surface area contributed by atoms with Gasteiger partial charge in [0.25, 0.3) is 0 Å². The van der Waals surface area contributed by atoms with E-state index in [1.165, 1.54) is 11.4 Å². The number of hydrogen-bond donors (Lipinski definition) is 1. The van der Waals surface area contributed by atoms with Crippen molar-refractivity contribution in [3.63, 3.8) is 0 Å². The fourth-order valence-corrected chi connectivity index (χ4v) is 3.32. The minimum Gasteiger partial charge on any atom is -0.397 e. The predicted octanol–water partition coefficient (Wildman–Crippen LogP) is 4.95. The van der Waals surface area contributed by atoms with Gasteiger partial charge in [0.1, 0.15) is 17.1 Å². The average Bonchev–Trinajstić information content (AvgIpc) is 2.71. The first-order valence-corrected chi connectivity index (χ1v) is 7.60. The van der Waals surface area contributed by atoms with E-state index in [4.69, 9.17) is 18.2 Å². The van der Waals surface area contributed by atoms with Crippen LogP contribution in [0.1, 0.15) is 52.7 Å². The molecule has 1 aromatic rings. The molecule has 0 saturated heterocycles. The van der Waals surface area contributed by atoms with Gasteiger partial charge in [-0.1, -0.05) is 41.5 Å². The molecule has 0 spiro atoms. The van der Waals surface area contributed by atoms with Crippen molar-refractivity contribution in [3.05, 3.63) is 11.1 Å². The Morgan fingerprint density at radius 3 is 1.80 bits per heavy atom. The summed E-state index contributed by atoms with van der Waals surface area (Å²) in [6.45, 7) is 12.7. The van der Waals surface area contributed by atoms with E-state index in [0.29, 0.717) is 11.4 Å². The van der Waals surface area contributed by atoms with Crippen molar-refractivity contribution in [1.82, 2.24) is 0 Å². The van der Waals surface area contributed by atoms with Crippen molar-refractivity contribution in [3.8, 4) is 0 Å². The number of fused-ring (bicyclic) bond motifs is 1. The van der Waals surface area contributed by atoms with Gasteiger partial charge in [-0.25, -0.2) is 0 Å². The Balaban J connectivity index is 2.97. The van der Waals surface area contributed by atoms with Crippen molar-refractivity contribution in [2.45, 2.75) is 52.4 Å². The summed E-state index contributed by atoms with van der Waals surface area (Å²) in [7, 11) is 0. The Morgan fingerprint density at radius 1 is 0.950 bits per heavy atom. The molecule has 20 heavy (non-hydrogen) atoms. The summed E-state index contributed by atoms with van der Waals surface area (Å²) in [5, 5.41) is 0. The zero-order valence-corrected chi connectivity index (χ0v) is 14.4. The van der Waals surface area contributed by atoms with Crippen molar-refractivity contribution < 1.29 is 0 Å². The van der Waals surface area contributed by atoms with Crippen LogP contribution < -0.4 is 5.73 Å². The van der Waals surface area contributed by atoms with E-state index in [2.05, 4.69) is 54.6 Å². The highest BCUT2D eigenvalue weighted by Gasteiger charge is 2.34. The maximum atomic E-state index is 6.38. The number of nitrogens with zero attached hydrogens (tertiary/aromatic N) is 3. The molecule has 0 bridgehead atoms. The Morgan fingerprint density at radius 2 is 1.40 bits per heavy atom. The molecule has 108 valence electrons. The Kier molecular flexibility index (Phi) is 3.59. The molecule has 0 aromatic heterocycles. The zero-order chi connectivity index (χ0) is 15.3. The largest absolute Gasteiger partial charge is 0.397 e. The monoisotopic (exact) mass is 308 g/mol. The zero-order valence-electron chi connectivity index (χ0n) is 12.7. The van der Waals surface area contributed by atoms with E-state index in [-0.39, 0.29) is 10.8 Å². The van der Waals surface area contributed by atoms with Gasteiger partial charge in [-0.3, -0.25) is 0 Å². The Bertz CT molecular complexity index is 654. The van der Waals surface area contributed by atoms with Crippen molar-refractivity contribution in [2.24, 2.45) is 13.1 Å². The first-order chi connectivity index (χ1) is 9.09. The molecule has 2 N–H and O–H groups in total. The van der Waals surface area contributed by atoms with Crippen LogP contribution in [0.4, 0.5) is 22.7 Å². The molecule has 0 saturated carbocycles. The molecule has 6 heteroatoms. The van der Waals surface area contributed by atoms with E-state index < -0.39 is 0 Å². The molecular formula is C14H20N4S2. The summed E-state index contributed by atoms with van der Waals surface area (Å²) < 4.78 is 13.0. The summed E-state index contributed by atoms with van der Waals surface area (Å²) in [5.74, 6) is 0. The van der Waals surface area contributed by atoms with Crippen LogP contribution in [0.25, 0.3) is 0 Å². The SMILES string of the molecule is CC(C)(C)c1c(N)c(N=S)c(C(C)(C)C)c2c1N=S=N2. The number of hydrogen-bond acceptors (Lipinski definition) is 5. The second-order valence-corrected chi connectivity index (χ2v) is 7.78. The van der Waals surface area contributed by atoms with Gasteiger partial charge < -0.3 is 5.73 Å². The van der Waals surface area contributed by atoms with E-state index >= 15 is 0 Å². The molecule has 1 heterocycles. The quantitative estimate of drug-likeness (QED) is 0.757. The molecule has 0 aliphatic carbocycles. The van der Waals surface area contributed by atoms with Gasteiger partial charge in [-0.2, -0.15) is 13.1 Å². The van der Waals surface area contributed by atoms with Crippen LogP contribution in [0.15, 0.2) is 13.1 Å². The van der Waals surface area contributed by atoms with Gasteiger partial charge in [0.15, 0.2) is 0 Å². The number of benzene rings is 1. The molecule has 1 aliphatic rings.